The molecule has 0 aliphatic heterocycles. The smallest absolute Gasteiger partial charge is 0.407 e. The van der Waals surface area contributed by atoms with Gasteiger partial charge in [0, 0.05) is 0 Å². The van der Waals surface area contributed by atoms with Crippen LogP contribution in [0.2, 0.25) is 5.02 Å². The van der Waals surface area contributed by atoms with Crippen molar-refractivity contribution in [3.05, 3.63) is 22.7 Å². The van der Waals surface area contributed by atoms with Crippen LogP contribution in [-0.4, -0.2) is 18.4 Å². The van der Waals surface area contributed by atoms with Gasteiger partial charge in [0.25, 0.3) is 0 Å². The van der Waals surface area contributed by atoms with E-state index in [0.717, 1.165) is 0 Å². The zero-order valence-electron chi connectivity index (χ0n) is 8.58. The molecule has 0 saturated carbocycles. The quantitative estimate of drug-likeness (QED) is 0.881. The lowest BCUT2D eigenvalue weighted by molar-refractivity contribution is -0.149. The molecule has 0 heterocycles. The van der Waals surface area contributed by atoms with Crippen LogP contribution in [0.1, 0.15) is 11.6 Å². The van der Waals surface area contributed by atoms with Crippen LogP contribution in [-0.2, 0) is 0 Å². The van der Waals surface area contributed by atoms with Crippen molar-refractivity contribution in [3.8, 4) is 11.5 Å². The van der Waals surface area contributed by atoms with E-state index < -0.39 is 23.5 Å². The van der Waals surface area contributed by atoms with Crippen molar-refractivity contribution >= 4 is 24.0 Å². The van der Waals surface area contributed by atoms with Crippen molar-refractivity contribution in [2.75, 3.05) is 7.11 Å². The molecular formula is C9H10Cl2F3NO2. The van der Waals surface area contributed by atoms with E-state index in [1.807, 2.05) is 0 Å². The largest absolute Gasteiger partial charge is 0.506 e. The molecule has 0 aliphatic rings. The predicted molar refractivity (Wildman–Crippen MR) is 59.9 cm³/mol. The van der Waals surface area contributed by atoms with Gasteiger partial charge in [-0.15, -0.1) is 12.4 Å². The molecule has 1 atom stereocenters. The second-order valence-electron chi connectivity index (χ2n) is 3.03. The van der Waals surface area contributed by atoms with Gasteiger partial charge >= 0.3 is 6.18 Å². The lowest BCUT2D eigenvalue weighted by atomic mass is 10.0. The van der Waals surface area contributed by atoms with Gasteiger partial charge in [0.05, 0.1) is 17.7 Å². The first-order valence-corrected chi connectivity index (χ1v) is 4.54. The van der Waals surface area contributed by atoms with E-state index in [1.54, 1.807) is 0 Å². The van der Waals surface area contributed by atoms with Crippen LogP contribution in [0.25, 0.3) is 0 Å². The van der Waals surface area contributed by atoms with E-state index in [-0.39, 0.29) is 23.2 Å². The number of phenolic OH excluding ortho intramolecular Hbond substituents is 1. The summed E-state index contributed by atoms with van der Waals surface area (Å²) in [6.45, 7) is 0. The van der Waals surface area contributed by atoms with Gasteiger partial charge < -0.3 is 15.6 Å². The molecule has 0 aromatic heterocycles. The van der Waals surface area contributed by atoms with Crippen molar-refractivity contribution in [1.82, 2.24) is 0 Å². The molecule has 0 spiro atoms. The standard InChI is InChI=1S/C9H9ClF3NO2.ClH/c1-16-5-3-2-4(10)7(15)6(5)8(14)9(11,12)13;/h2-3,8,15H,14H2,1H3;1H/t8-;/m1./s1. The Kier molecular flexibility index (Phi) is 5.38. The summed E-state index contributed by atoms with van der Waals surface area (Å²) >= 11 is 5.51. The molecule has 3 nitrogen and oxygen atoms in total. The van der Waals surface area contributed by atoms with Gasteiger partial charge in [-0.1, -0.05) is 11.6 Å². The maximum absolute atomic E-state index is 12.4. The molecule has 0 unspecified atom stereocenters. The summed E-state index contributed by atoms with van der Waals surface area (Å²) in [4.78, 5) is 0. The fourth-order valence-electron chi connectivity index (χ4n) is 1.21. The van der Waals surface area contributed by atoms with Crippen molar-refractivity contribution < 1.29 is 23.0 Å². The number of rotatable bonds is 2. The highest BCUT2D eigenvalue weighted by molar-refractivity contribution is 6.32. The maximum atomic E-state index is 12.4. The van der Waals surface area contributed by atoms with Gasteiger partial charge in [-0.3, -0.25) is 0 Å². The van der Waals surface area contributed by atoms with Crippen LogP contribution >= 0.6 is 24.0 Å². The third-order valence-corrected chi connectivity index (χ3v) is 2.32. The Labute approximate surface area is 107 Å². The summed E-state index contributed by atoms with van der Waals surface area (Å²) in [5, 5.41) is 9.24. The van der Waals surface area contributed by atoms with E-state index >= 15 is 0 Å². The van der Waals surface area contributed by atoms with Gasteiger partial charge in [-0.05, 0) is 12.1 Å². The Morgan fingerprint density at radius 1 is 1.41 bits per heavy atom. The molecule has 8 heteroatoms. The number of halogens is 5. The second-order valence-corrected chi connectivity index (χ2v) is 3.44. The first kappa shape index (κ1) is 16.1. The zero-order chi connectivity index (χ0) is 12.5. The Bertz CT molecular complexity index is 399. The molecule has 3 N–H and O–H groups in total. The normalized spacial score (nSPS) is 12.8. The van der Waals surface area contributed by atoms with Crippen LogP contribution in [0.4, 0.5) is 13.2 Å². The predicted octanol–water partition coefficient (Wildman–Crippen LogP) is 3.04. The number of hydrogen-bond donors (Lipinski definition) is 2. The molecule has 1 rings (SSSR count). The van der Waals surface area contributed by atoms with Crippen molar-refractivity contribution in [1.29, 1.82) is 0 Å². The molecule has 0 fully saturated rings. The Morgan fingerprint density at radius 3 is 2.35 bits per heavy atom. The van der Waals surface area contributed by atoms with E-state index in [4.69, 9.17) is 22.1 Å². The average molecular weight is 292 g/mol. The molecule has 98 valence electrons. The lowest BCUT2D eigenvalue weighted by Crippen LogP contribution is -2.29. The van der Waals surface area contributed by atoms with Gasteiger partial charge in [0.2, 0.25) is 0 Å². The molecular weight excluding hydrogens is 282 g/mol. The third-order valence-electron chi connectivity index (χ3n) is 2.01. The van der Waals surface area contributed by atoms with Gasteiger partial charge in [0.1, 0.15) is 17.5 Å². The lowest BCUT2D eigenvalue weighted by Gasteiger charge is -2.20. The fraction of sp³-hybridized carbons (Fsp3) is 0.333. The van der Waals surface area contributed by atoms with Crippen LogP contribution in [0.15, 0.2) is 12.1 Å². The highest BCUT2D eigenvalue weighted by Gasteiger charge is 2.41. The van der Waals surface area contributed by atoms with E-state index in [2.05, 4.69) is 0 Å². The van der Waals surface area contributed by atoms with E-state index in [1.165, 1.54) is 19.2 Å². The van der Waals surface area contributed by atoms with Crippen LogP contribution < -0.4 is 10.5 Å². The molecule has 0 aliphatic carbocycles. The molecule has 0 saturated heterocycles. The molecule has 1 aromatic carbocycles. The minimum Gasteiger partial charge on any atom is -0.506 e. The van der Waals surface area contributed by atoms with Crippen molar-refractivity contribution in [2.45, 2.75) is 12.2 Å². The number of benzene rings is 1. The first-order chi connectivity index (χ1) is 7.29. The Balaban J connectivity index is 0.00000256. The van der Waals surface area contributed by atoms with E-state index in [0.29, 0.717) is 0 Å². The van der Waals surface area contributed by atoms with Crippen molar-refractivity contribution in [3.63, 3.8) is 0 Å². The Hall–Kier alpha value is -0.850. The summed E-state index contributed by atoms with van der Waals surface area (Å²) in [5.41, 5.74) is 4.43. The number of ether oxygens (including phenoxy) is 1. The number of aromatic hydroxyl groups is 1. The molecule has 0 radical (unpaired) electrons. The van der Waals surface area contributed by atoms with Gasteiger partial charge in [0.15, 0.2) is 0 Å². The third kappa shape index (κ3) is 3.31. The SMILES string of the molecule is COc1ccc(Cl)c(O)c1[C@@H](N)C(F)(F)F.Cl. The van der Waals surface area contributed by atoms with Crippen LogP contribution in [0.5, 0.6) is 11.5 Å². The highest BCUT2D eigenvalue weighted by Crippen LogP contribution is 2.43. The monoisotopic (exact) mass is 291 g/mol. The maximum Gasteiger partial charge on any atom is 0.407 e. The van der Waals surface area contributed by atoms with Crippen LogP contribution in [0, 0.1) is 0 Å². The van der Waals surface area contributed by atoms with Gasteiger partial charge in [-0.25, -0.2) is 0 Å². The topological polar surface area (TPSA) is 55.5 Å². The molecule has 17 heavy (non-hydrogen) atoms. The first-order valence-electron chi connectivity index (χ1n) is 4.16. The summed E-state index contributed by atoms with van der Waals surface area (Å²) in [7, 11) is 1.18. The molecule has 1 aromatic rings. The van der Waals surface area contributed by atoms with Crippen molar-refractivity contribution in [2.24, 2.45) is 5.73 Å². The molecule has 0 amide bonds. The zero-order valence-corrected chi connectivity index (χ0v) is 10.2. The number of phenols is 1. The molecule has 0 bridgehead atoms. The minimum atomic E-state index is -4.69. The average Bonchev–Trinajstić information content (AvgIpc) is 2.19. The number of hydrogen-bond acceptors (Lipinski definition) is 3. The summed E-state index contributed by atoms with van der Waals surface area (Å²) < 4.78 is 42.0. The summed E-state index contributed by atoms with van der Waals surface area (Å²) in [6, 6.07) is 0.0897. The highest BCUT2D eigenvalue weighted by atomic mass is 35.5. The Morgan fingerprint density at radius 2 is 1.94 bits per heavy atom. The summed E-state index contributed by atoms with van der Waals surface area (Å²) in [5.74, 6) is -0.877. The minimum absolute atomic E-state index is 0. The van der Waals surface area contributed by atoms with E-state index in [9.17, 15) is 18.3 Å². The number of nitrogens with two attached hydrogens (primary N) is 1. The second kappa shape index (κ2) is 5.66. The fourth-order valence-corrected chi connectivity index (χ4v) is 1.37. The van der Waals surface area contributed by atoms with Gasteiger partial charge in [-0.2, -0.15) is 13.2 Å². The van der Waals surface area contributed by atoms with Crippen LogP contribution in [0.3, 0.4) is 0 Å². The summed E-state index contributed by atoms with van der Waals surface area (Å²) in [6.07, 6.45) is -4.69. The number of alkyl halides is 3. The number of methoxy groups -OCH3 is 1.